The average molecular weight is 362 g/mol. The Morgan fingerprint density at radius 3 is 2.77 bits per heavy atom. The predicted octanol–water partition coefficient (Wildman–Crippen LogP) is 2.00. The highest BCUT2D eigenvalue weighted by Crippen LogP contribution is 2.25. The van der Waals surface area contributed by atoms with Gasteiger partial charge in [-0.05, 0) is 48.9 Å². The summed E-state index contributed by atoms with van der Waals surface area (Å²) in [5, 5.41) is 22.9. The summed E-state index contributed by atoms with van der Waals surface area (Å²) in [6.45, 7) is 4.26. The van der Waals surface area contributed by atoms with Crippen molar-refractivity contribution in [2.24, 2.45) is 5.92 Å². The van der Waals surface area contributed by atoms with Crippen molar-refractivity contribution in [3.05, 3.63) is 24.0 Å². The molecule has 3 rings (SSSR count). The van der Waals surface area contributed by atoms with Crippen molar-refractivity contribution in [3.63, 3.8) is 0 Å². The predicted molar refractivity (Wildman–Crippen MR) is 89.9 cm³/mol. The van der Waals surface area contributed by atoms with Crippen LogP contribution in [0.15, 0.2) is 18.2 Å². The number of likely N-dealkylation sites (tertiary alicyclic amines) is 1. The summed E-state index contributed by atoms with van der Waals surface area (Å²) in [7, 11) is 0. The van der Waals surface area contributed by atoms with Crippen LogP contribution in [0.2, 0.25) is 0 Å². The van der Waals surface area contributed by atoms with E-state index in [-0.39, 0.29) is 23.8 Å². The number of aromatic nitrogens is 4. The second-order valence-corrected chi connectivity index (χ2v) is 6.44. The maximum Gasteiger partial charge on any atom is 0.321 e. The van der Waals surface area contributed by atoms with Gasteiger partial charge < -0.3 is 15.3 Å². The summed E-state index contributed by atoms with van der Waals surface area (Å²) in [6.07, 6.45) is 0.411. The molecular formula is C16H19FN6O3. The SMILES string of the molecule is CC(C)n1nnnc1-c1ccc(NC(=O)N2CCC(C(=O)O)C2)cc1F. The van der Waals surface area contributed by atoms with Crippen LogP contribution in [-0.2, 0) is 4.79 Å². The first-order valence-electron chi connectivity index (χ1n) is 8.23. The number of amides is 2. The number of urea groups is 1. The largest absolute Gasteiger partial charge is 0.481 e. The standard InChI is InChI=1S/C16H19FN6O3/c1-9(2)23-14(19-20-21-23)12-4-3-11(7-13(12)17)18-16(26)22-6-5-10(8-22)15(24)25/h3-4,7,9-10H,5-6,8H2,1-2H3,(H,18,26)(H,24,25). The molecule has 1 fully saturated rings. The summed E-state index contributed by atoms with van der Waals surface area (Å²) in [4.78, 5) is 24.6. The van der Waals surface area contributed by atoms with Gasteiger partial charge in [-0.25, -0.2) is 13.9 Å². The van der Waals surface area contributed by atoms with E-state index in [1.54, 1.807) is 6.07 Å². The average Bonchev–Trinajstić information content (AvgIpc) is 3.24. The monoisotopic (exact) mass is 362 g/mol. The molecule has 1 aromatic carbocycles. The second kappa shape index (κ2) is 7.06. The van der Waals surface area contributed by atoms with E-state index in [0.29, 0.717) is 18.8 Å². The number of hydrogen-bond donors (Lipinski definition) is 2. The third kappa shape index (κ3) is 3.48. The Labute approximate surface area is 148 Å². The molecule has 2 amide bonds. The van der Waals surface area contributed by atoms with Gasteiger partial charge in [-0.1, -0.05) is 0 Å². The number of carbonyl (C=O) groups excluding carboxylic acids is 1. The minimum atomic E-state index is -0.918. The van der Waals surface area contributed by atoms with E-state index >= 15 is 0 Å². The van der Waals surface area contributed by atoms with E-state index in [4.69, 9.17) is 5.11 Å². The van der Waals surface area contributed by atoms with E-state index in [1.807, 2.05) is 13.8 Å². The molecule has 1 aromatic heterocycles. The van der Waals surface area contributed by atoms with Gasteiger partial charge in [-0.3, -0.25) is 4.79 Å². The Balaban J connectivity index is 1.73. The minimum Gasteiger partial charge on any atom is -0.481 e. The number of hydrogen-bond acceptors (Lipinski definition) is 5. The number of carboxylic acid groups (broad SMARTS) is 1. The third-order valence-electron chi connectivity index (χ3n) is 4.27. The fraction of sp³-hybridized carbons (Fsp3) is 0.438. The lowest BCUT2D eigenvalue weighted by molar-refractivity contribution is -0.141. The van der Waals surface area contributed by atoms with E-state index in [0.717, 1.165) is 0 Å². The van der Waals surface area contributed by atoms with E-state index in [9.17, 15) is 14.0 Å². The number of carboxylic acids is 1. The van der Waals surface area contributed by atoms with Crippen molar-refractivity contribution in [1.82, 2.24) is 25.1 Å². The molecule has 2 N–H and O–H groups in total. The maximum absolute atomic E-state index is 14.5. The third-order valence-corrected chi connectivity index (χ3v) is 4.27. The Kier molecular flexibility index (Phi) is 4.83. The summed E-state index contributed by atoms with van der Waals surface area (Å²) >= 11 is 0. The van der Waals surface area contributed by atoms with Gasteiger partial charge in [-0.2, -0.15) is 0 Å². The normalized spacial score (nSPS) is 16.9. The van der Waals surface area contributed by atoms with E-state index in [2.05, 4.69) is 20.8 Å². The zero-order valence-corrected chi connectivity index (χ0v) is 14.4. The number of tetrazole rings is 1. The molecule has 1 aliphatic heterocycles. The van der Waals surface area contributed by atoms with Crippen molar-refractivity contribution in [2.45, 2.75) is 26.3 Å². The van der Waals surface area contributed by atoms with Crippen LogP contribution in [-0.4, -0.2) is 55.3 Å². The van der Waals surface area contributed by atoms with Crippen molar-refractivity contribution >= 4 is 17.7 Å². The number of aliphatic carboxylic acids is 1. The number of nitrogens with one attached hydrogen (secondary N) is 1. The zero-order valence-electron chi connectivity index (χ0n) is 14.4. The molecule has 1 saturated heterocycles. The molecule has 1 aliphatic rings. The lowest BCUT2D eigenvalue weighted by Gasteiger charge is -2.17. The summed E-state index contributed by atoms with van der Waals surface area (Å²) in [5.41, 5.74) is 0.507. The molecule has 9 nitrogen and oxygen atoms in total. The number of anilines is 1. The number of halogens is 1. The van der Waals surface area contributed by atoms with Gasteiger partial charge in [0, 0.05) is 18.8 Å². The Hall–Kier alpha value is -3.04. The van der Waals surface area contributed by atoms with Crippen LogP contribution < -0.4 is 5.32 Å². The van der Waals surface area contributed by atoms with Crippen LogP contribution in [0.1, 0.15) is 26.3 Å². The minimum absolute atomic E-state index is 0.0314. The summed E-state index contributed by atoms with van der Waals surface area (Å²) in [5.74, 6) is -1.74. The van der Waals surface area contributed by atoms with Gasteiger partial charge in [0.2, 0.25) is 0 Å². The first-order chi connectivity index (χ1) is 12.4. The van der Waals surface area contributed by atoms with Gasteiger partial charge in [0.05, 0.1) is 17.5 Å². The number of nitrogens with zero attached hydrogens (tertiary/aromatic N) is 5. The van der Waals surface area contributed by atoms with Gasteiger partial charge in [0.15, 0.2) is 5.82 Å². The Bertz CT molecular complexity index is 837. The highest BCUT2D eigenvalue weighted by Gasteiger charge is 2.31. The molecule has 0 spiro atoms. The highest BCUT2D eigenvalue weighted by molar-refractivity contribution is 5.90. The van der Waals surface area contributed by atoms with Crippen LogP contribution in [0.25, 0.3) is 11.4 Å². The van der Waals surface area contributed by atoms with Gasteiger partial charge in [-0.15, -0.1) is 5.10 Å². The molecule has 2 heterocycles. The van der Waals surface area contributed by atoms with Crippen LogP contribution >= 0.6 is 0 Å². The first-order valence-corrected chi connectivity index (χ1v) is 8.23. The molecule has 1 unspecified atom stereocenters. The molecule has 0 radical (unpaired) electrons. The zero-order chi connectivity index (χ0) is 18.8. The Morgan fingerprint density at radius 2 is 2.15 bits per heavy atom. The fourth-order valence-electron chi connectivity index (χ4n) is 2.84. The molecule has 0 bridgehead atoms. The molecule has 26 heavy (non-hydrogen) atoms. The number of carbonyl (C=O) groups is 2. The molecule has 2 aromatic rings. The van der Waals surface area contributed by atoms with Crippen LogP contribution in [0.3, 0.4) is 0 Å². The molecule has 0 saturated carbocycles. The lowest BCUT2D eigenvalue weighted by atomic mass is 10.1. The topological polar surface area (TPSA) is 113 Å². The van der Waals surface area contributed by atoms with E-state index < -0.39 is 23.7 Å². The second-order valence-electron chi connectivity index (χ2n) is 6.44. The van der Waals surface area contributed by atoms with Crippen LogP contribution in [0.4, 0.5) is 14.9 Å². The molecule has 1 atom stereocenters. The van der Waals surface area contributed by atoms with Crippen LogP contribution in [0.5, 0.6) is 0 Å². The quantitative estimate of drug-likeness (QED) is 0.860. The van der Waals surface area contributed by atoms with Gasteiger partial charge in [0.25, 0.3) is 0 Å². The number of rotatable bonds is 4. The molecular weight excluding hydrogens is 343 g/mol. The number of benzene rings is 1. The molecule has 10 heteroatoms. The summed E-state index contributed by atoms with van der Waals surface area (Å²) < 4.78 is 16.0. The molecule has 138 valence electrons. The first kappa shape index (κ1) is 17.8. The van der Waals surface area contributed by atoms with Crippen molar-refractivity contribution < 1.29 is 19.1 Å². The van der Waals surface area contributed by atoms with Crippen molar-refractivity contribution in [2.75, 3.05) is 18.4 Å². The smallest absolute Gasteiger partial charge is 0.321 e. The van der Waals surface area contributed by atoms with Gasteiger partial charge in [0.1, 0.15) is 5.82 Å². The van der Waals surface area contributed by atoms with Gasteiger partial charge >= 0.3 is 12.0 Å². The maximum atomic E-state index is 14.5. The van der Waals surface area contributed by atoms with Crippen molar-refractivity contribution in [1.29, 1.82) is 0 Å². The molecule has 0 aliphatic carbocycles. The Morgan fingerprint density at radius 1 is 1.38 bits per heavy atom. The highest BCUT2D eigenvalue weighted by atomic mass is 19.1. The lowest BCUT2D eigenvalue weighted by Crippen LogP contribution is -2.33. The van der Waals surface area contributed by atoms with E-state index in [1.165, 1.54) is 21.7 Å². The van der Waals surface area contributed by atoms with Crippen molar-refractivity contribution in [3.8, 4) is 11.4 Å². The summed E-state index contributed by atoms with van der Waals surface area (Å²) in [6, 6.07) is 3.76. The fourth-order valence-corrected chi connectivity index (χ4v) is 2.84. The van der Waals surface area contributed by atoms with Crippen LogP contribution in [0, 0.1) is 11.7 Å².